The van der Waals surface area contributed by atoms with E-state index in [0.717, 1.165) is 37.3 Å². The molecule has 0 unspecified atom stereocenters. The summed E-state index contributed by atoms with van der Waals surface area (Å²) in [5, 5.41) is 14.2. The monoisotopic (exact) mass is 223 g/mol. The van der Waals surface area contributed by atoms with Gasteiger partial charge in [0.05, 0.1) is 5.60 Å². The van der Waals surface area contributed by atoms with Crippen LogP contribution in [0.3, 0.4) is 0 Å². The zero-order valence-electron chi connectivity index (χ0n) is 10.3. The fourth-order valence-corrected chi connectivity index (χ4v) is 3.32. The van der Waals surface area contributed by atoms with Gasteiger partial charge >= 0.3 is 0 Å². The Labute approximate surface area is 98.8 Å². The Morgan fingerprint density at radius 3 is 2.06 bits per heavy atom. The average Bonchev–Trinajstić information content (AvgIpc) is 3.14. The van der Waals surface area contributed by atoms with Gasteiger partial charge in [0.2, 0.25) is 0 Å². The predicted octanol–water partition coefficient (Wildman–Crippen LogP) is 2.46. The average molecular weight is 223 g/mol. The van der Waals surface area contributed by atoms with Gasteiger partial charge in [0.15, 0.2) is 0 Å². The van der Waals surface area contributed by atoms with Gasteiger partial charge in [0, 0.05) is 12.6 Å². The summed E-state index contributed by atoms with van der Waals surface area (Å²) in [6, 6.07) is 0.742. The quantitative estimate of drug-likeness (QED) is 0.750. The fraction of sp³-hybridized carbons (Fsp3) is 1.00. The van der Waals surface area contributed by atoms with Gasteiger partial charge in [-0.15, -0.1) is 0 Å². The highest BCUT2D eigenvalue weighted by Gasteiger charge is 2.42. The molecule has 3 aliphatic carbocycles. The van der Waals surface area contributed by atoms with E-state index in [4.69, 9.17) is 0 Å². The van der Waals surface area contributed by atoms with E-state index in [1.165, 1.54) is 44.9 Å². The molecular weight excluding hydrogens is 198 g/mol. The van der Waals surface area contributed by atoms with Gasteiger partial charge in [-0.1, -0.05) is 19.3 Å². The minimum atomic E-state index is -0.375. The Morgan fingerprint density at radius 1 is 1.00 bits per heavy atom. The first-order chi connectivity index (χ1) is 7.77. The summed E-state index contributed by atoms with van der Waals surface area (Å²) >= 11 is 0. The number of nitrogens with one attached hydrogen (secondary N) is 1. The van der Waals surface area contributed by atoms with E-state index in [0.29, 0.717) is 0 Å². The van der Waals surface area contributed by atoms with Crippen molar-refractivity contribution < 1.29 is 5.11 Å². The maximum Gasteiger partial charge on any atom is 0.0771 e. The van der Waals surface area contributed by atoms with Crippen LogP contribution in [-0.4, -0.2) is 23.3 Å². The van der Waals surface area contributed by atoms with Gasteiger partial charge < -0.3 is 10.4 Å². The van der Waals surface area contributed by atoms with Gasteiger partial charge in [-0.3, -0.25) is 0 Å². The molecule has 3 fully saturated rings. The van der Waals surface area contributed by atoms with E-state index in [-0.39, 0.29) is 5.60 Å². The molecule has 2 heteroatoms. The SMILES string of the molecule is OC1(CNC(C2CC2)C2CC2)CCCCC1. The van der Waals surface area contributed by atoms with E-state index in [1.54, 1.807) is 0 Å². The molecule has 2 N–H and O–H groups in total. The lowest BCUT2D eigenvalue weighted by molar-refractivity contribution is 0.00146. The van der Waals surface area contributed by atoms with Crippen molar-refractivity contribution >= 4 is 0 Å². The second-order valence-electron chi connectivity index (χ2n) is 6.37. The van der Waals surface area contributed by atoms with Gasteiger partial charge in [-0.25, -0.2) is 0 Å². The van der Waals surface area contributed by atoms with Crippen molar-refractivity contribution in [2.75, 3.05) is 6.54 Å². The summed E-state index contributed by atoms with van der Waals surface area (Å²) in [4.78, 5) is 0. The summed E-state index contributed by atoms with van der Waals surface area (Å²) < 4.78 is 0. The Morgan fingerprint density at radius 2 is 1.56 bits per heavy atom. The molecule has 0 amide bonds. The zero-order valence-corrected chi connectivity index (χ0v) is 10.3. The van der Waals surface area contributed by atoms with E-state index < -0.39 is 0 Å². The summed E-state index contributed by atoms with van der Waals surface area (Å²) in [7, 11) is 0. The van der Waals surface area contributed by atoms with Crippen LogP contribution in [0.2, 0.25) is 0 Å². The van der Waals surface area contributed by atoms with E-state index >= 15 is 0 Å². The second-order valence-corrected chi connectivity index (χ2v) is 6.37. The topological polar surface area (TPSA) is 32.3 Å². The minimum absolute atomic E-state index is 0.375. The third kappa shape index (κ3) is 2.60. The molecule has 0 radical (unpaired) electrons. The van der Waals surface area contributed by atoms with Gasteiger partial charge in [0.25, 0.3) is 0 Å². The molecule has 3 aliphatic rings. The third-order valence-electron chi connectivity index (χ3n) is 4.71. The van der Waals surface area contributed by atoms with Gasteiger partial charge in [-0.2, -0.15) is 0 Å². The number of aliphatic hydroxyl groups is 1. The molecule has 0 saturated heterocycles. The molecule has 92 valence electrons. The van der Waals surface area contributed by atoms with Crippen molar-refractivity contribution in [1.29, 1.82) is 0 Å². The van der Waals surface area contributed by atoms with Crippen molar-refractivity contribution in [2.24, 2.45) is 11.8 Å². The van der Waals surface area contributed by atoms with Crippen LogP contribution in [-0.2, 0) is 0 Å². The van der Waals surface area contributed by atoms with Crippen LogP contribution in [0.25, 0.3) is 0 Å². The van der Waals surface area contributed by atoms with Crippen LogP contribution < -0.4 is 5.32 Å². The highest BCUT2D eigenvalue weighted by molar-refractivity contribution is 4.98. The molecule has 2 nitrogen and oxygen atoms in total. The first-order valence-electron chi connectivity index (χ1n) is 7.23. The van der Waals surface area contributed by atoms with Gasteiger partial charge in [-0.05, 0) is 50.4 Å². The largest absolute Gasteiger partial charge is 0.389 e. The molecule has 0 bridgehead atoms. The molecule has 0 spiro atoms. The maximum absolute atomic E-state index is 10.5. The van der Waals surface area contributed by atoms with Crippen molar-refractivity contribution in [1.82, 2.24) is 5.32 Å². The standard InChI is InChI=1S/C14H25NO/c16-14(8-2-1-3-9-14)10-15-13(11-4-5-11)12-6-7-12/h11-13,15-16H,1-10H2. The first-order valence-corrected chi connectivity index (χ1v) is 7.23. The summed E-state index contributed by atoms with van der Waals surface area (Å²) in [5.74, 6) is 1.89. The van der Waals surface area contributed by atoms with Crippen LogP contribution in [0.5, 0.6) is 0 Å². The highest BCUT2D eigenvalue weighted by atomic mass is 16.3. The molecule has 0 aromatic carbocycles. The minimum Gasteiger partial charge on any atom is -0.389 e. The van der Waals surface area contributed by atoms with E-state index in [9.17, 15) is 5.11 Å². The lowest BCUT2D eigenvalue weighted by atomic mass is 9.84. The summed E-state index contributed by atoms with van der Waals surface area (Å²) in [6.45, 7) is 0.852. The van der Waals surface area contributed by atoms with Crippen molar-refractivity contribution in [3.05, 3.63) is 0 Å². The Hall–Kier alpha value is -0.0800. The van der Waals surface area contributed by atoms with Crippen molar-refractivity contribution in [3.63, 3.8) is 0 Å². The summed E-state index contributed by atoms with van der Waals surface area (Å²) in [6.07, 6.45) is 11.5. The van der Waals surface area contributed by atoms with Crippen LogP contribution in [0.1, 0.15) is 57.8 Å². The number of rotatable bonds is 5. The van der Waals surface area contributed by atoms with Crippen LogP contribution in [0, 0.1) is 11.8 Å². The van der Waals surface area contributed by atoms with E-state index in [2.05, 4.69) is 5.32 Å². The molecule has 3 rings (SSSR count). The molecule has 16 heavy (non-hydrogen) atoms. The maximum atomic E-state index is 10.5. The first kappa shape index (κ1) is 11.0. The molecule has 0 aromatic rings. The van der Waals surface area contributed by atoms with Crippen LogP contribution in [0.4, 0.5) is 0 Å². The molecule has 3 saturated carbocycles. The second kappa shape index (κ2) is 4.30. The third-order valence-corrected chi connectivity index (χ3v) is 4.71. The molecule has 0 atom stereocenters. The van der Waals surface area contributed by atoms with Crippen molar-refractivity contribution in [2.45, 2.75) is 69.4 Å². The lowest BCUT2D eigenvalue weighted by Crippen LogP contribution is -2.47. The number of hydrogen-bond donors (Lipinski definition) is 2. The number of hydrogen-bond acceptors (Lipinski definition) is 2. The molecular formula is C14H25NO. The Bertz CT molecular complexity index is 227. The molecule has 0 aromatic heterocycles. The fourth-order valence-electron chi connectivity index (χ4n) is 3.32. The Kier molecular flexibility index (Phi) is 2.97. The highest BCUT2D eigenvalue weighted by Crippen LogP contribution is 2.44. The van der Waals surface area contributed by atoms with Crippen LogP contribution in [0.15, 0.2) is 0 Å². The smallest absolute Gasteiger partial charge is 0.0771 e. The molecule has 0 aliphatic heterocycles. The lowest BCUT2D eigenvalue weighted by Gasteiger charge is -2.34. The Balaban J connectivity index is 1.49. The normalized spacial score (nSPS) is 29.6. The molecule has 0 heterocycles. The van der Waals surface area contributed by atoms with E-state index in [1.807, 2.05) is 0 Å². The van der Waals surface area contributed by atoms with Crippen LogP contribution >= 0.6 is 0 Å². The summed E-state index contributed by atoms with van der Waals surface area (Å²) in [5.41, 5.74) is -0.375. The zero-order chi connectivity index (χ0) is 11.0. The van der Waals surface area contributed by atoms with Gasteiger partial charge in [0.1, 0.15) is 0 Å². The predicted molar refractivity (Wildman–Crippen MR) is 65.3 cm³/mol. The van der Waals surface area contributed by atoms with Crippen molar-refractivity contribution in [3.8, 4) is 0 Å².